The molecule has 2 nitrogen and oxygen atoms in total. The van der Waals surface area contributed by atoms with Crippen LogP contribution in [0.15, 0.2) is 18.2 Å². The van der Waals surface area contributed by atoms with E-state index in [2.05, 4.69) is 0 Å². The molecule has 0 spiro atoms. The van der Waals surface area contributed by atoms with E-state index >= 15 is 0 Å². The Morgan fingerprint density at radius 2 is 2.00 bits per heavy atom. The van der Waals surface area contributed by atoms with E-state index < -0.39 is 31.1 Å². The van der Waals surface area contributed by atoms with E-state index in [1.54, 1.807) is 6.92 Å². The Balaban J connectivity index is 2.76. The number of rotatable bonds is 4. The molecule has 0 heterocycles. The Bertz CT molecular complexity index is 376. The van der Waals surface area contributed by atoms with Gasteiger partial charge in [-0.1, -0.05) is 12.1 Å². The van der Waals surface area contributed by atoms with Crippen LogP contribution in [0.25, 0.3) is 0 Å². The molecule has 1 rings (SSSR count). The number of alkyl halides is 3. The molecule has 1 atom stereocenters. The zero-order chi connectivity index (χ0) is 13.1. The summed E-state index contributed by atoms with van der Waals surface area (Å²) < 4.78 is 54.0. The summed E-state index contributed by atoms with van der Waals surface area (Å²) in [6, 6.07) is 3.57. The van der Waals surface area contributed by atoms with E-state index in [1.165, 1.54) is 12.1 Å². The molecule has 0 amide bonds. The van der Waals surface area contributed by atoms with Crippen molar-refractivity contribution in [2.24, 2.45) is 5.73 Å². The maximum Gasteiger partial charge on any atom is 0.392 e. The number of nitrogens with two attached hydrogens (primary N) is 1. The summed E-state index contributed by atoms with van der Waals surface area (Å²) in [6.07, 6.45) is -5.44. The second-order valence-corrected chi connectivity index (χ2v) is 3.66. The summed E-state index contributed by atoms with van der Waals surface area (Å²) in [4.78, 5) is 0. The van der Waals surface area contributed by atoms with Crippen LogP contribution in [0, 0.1) is 5.82 Å². The molecule has 0 saturated heterocycles. The Morgan fingerprint density at radius 1 is 1.35 bits per heavy atom. The number of ether oxygens (including phenoxy) is 1. The van der Waals surface area contributed by atoms with Gasteiger partial charge in [0, 0.05) is 11.6 Å². The van der Waals surface area contributed by atoms with Gasteiger partial charge in [-0.05, 0) is 13.0 Å². The standard InChI is InChI=1S/C11H13F4NO/c1-7(16)8-3-2-4-9(12)10(8)17-6-5-11(13,14)15/h2-4,7H,5-6,16H2,1H3/t7-/m1/s1. The molecule has 0 saturated carbocycles. The van der Waals surface area contributed by atoms with Gasteiger partial charge < -0.3 is 10.5 Å². The lowest BCUT2D eigenvalue weighted by molar-refractivity contribution is -0.139. The number of hydrogen-bond donors (Lipinski definition) is 1. The minimum atomic E-state index is -4.32. The highest BCUT2D eigenvalue weighted by Crippen LogP contribution is 2.28. The van der Waals surface area contributed by atoms with Crippen molar-refractivity contribution in [3.63, 3.8) is 0 Å². The van der Waals surface area contributed by atoms with E-state index in [4.69, 9.17) is 10.5 Å². The predicted octanol–water partition coefficient (Wildman–Crippen LogP) is 3.18. The second kappa shape index (κ2) is 5.35. The normalized spacial score (nSPS) is 13.5. The molecule has 0 bridgehead atoms. The van der Waals surface area contributed by atoms with Crippen LogP contribution in [0.1, 0.15) is 24.9 Å². The van der Waals surface area contributed by atoms with Crippen LogP contribution in [0.3, 0.4) is 0 Å². The van der Waals surface area contributed by atoms with Gasteiger partial charge in [-0.3, -0.25) is 0 Å². The van der Waals surface area contributed by atoms with Gasteiger partial charge in [-0.2, -0.15) is 13.2 Å². The first kappa shape index (κ1) is 13.8. The van der Waals surface area contributed by atoms with Gasteiger partial charge in [0.15, 0.2) is 11.6 Å². The van der Waals surface area contributed by atoms with Crippen molar-refractivity contribution in [1.29, 1.82) is 0 Å². The minimum Gasteiger partial charge on any atom is -0.490 e. The van der Waals surface area contributed by atoms with Gasteiger partial charge >= 0.3 is 6.18 Å². The van der Waals surface area contributed by atoms with Gasteiger partial charge in [-0.25, -0.2) is 4.39 Å². The Hall–Kier alpha value is -1.30. The minimum absolute atomic E-state index is 0.202. The summed E-state index contributed by atoms with van der Waals surface area (Å²) in [5.74, 6) is -0.909. The molecular weight excluding hydrogens is 238 g/mol. The zero-order valence-corrected chi connectivity index (χ0v) is 9.22. The number of hydrogen-bond acceptors (Lipinski definition) is 2. The van der Waals surface area contributed by atoms with E-state index in [-0.39, 0.29) is 5.75 Å². The molecule has 0 aliphatic heterocycles. The third-order valence-corrected chi connectivity index (χ3v) is 2.12. The summed E-state index contributed by atoms with van der Waals surface area (Å²) in [5.41, 5.74) is 5.93. The molecule has 0 aliphatic rings. The maximum absolute atomic E-state index is 13.4. The molecule has 0 radical (unpaired) electrons. The summed E-state index contributed by atoms with van der Waals surface area (Å²) in [7, 11) is 0. The molecular formula is C11H13F4NO. The smallest absolute Gasteiger partial charge is 0.392 e. The summed E-state index contributed by atoms with van der Waals surface area (Å²) >= 11 is 0. The van der Waals surface area contributed by atoms with Crippen LogP contribution in [-0.4, -0.2) is 12.8 Å². The fraction of sp³-hybridized carbons (Fsp3) is 0.455. The van der Waals surface area contributed by atoms with Crippen LogP contribution in [0.2, 0.25) is 0 Å². The zero-order valence-electron chi connectivity index (χ0n) is 9.22. The number of para-hydroxylation sites is 1. The molecule has 2 N–H and O–H groups in total. The Labute approximate surface area is 96.4 Å². The van der Waals surface area contributed by atoms with Gasteiger partial charge in [0.25, 0.3) is 0 Å². The molecule has 0 fully saturated rings. The van der Waals surface area contributed by atoms with Crippen molar-refractivity contribution in [1.82, 2.24) is 0 Å². The molecule has 1 aromatic rings. The lowest BCUT2D eigenvalue weighted by atomic mass is 10.1. The van der Waals surface area contributed by atoms with Crippen molar-refractivity contribution >= 4 is 0 Å². The lowest BCUT2D eigenvalue weighted by Crippen LogP contribution is -2.15. The first-order chi connectivity index (χ1) is 7.81. The van der Waals surface area contributed by atoms with Crippen molar-refractivity contribution in [3.8, 4) is 5.75 Å². The van der Waals surface area contributed by atoms with Gasteiger partial charge in [-0.15, -0.1) is 0 Å². The third-order valence-electron chi connectivity index (χ3n) is 2.12. The van der Waals surface area contributed by atoms with Crippen molar-refractivity contribution in [2.45, 2.75) is 25.6 Å². The van der Waals surface area contributed by atoms with E-state index in [0.717, 1.165) is 6.07 Å². The van der Waals surface area contributed by atoms with Gasteiger partial charge in [0.2, 0.25) is 0 Å². The average Bonchev–Trinajstić information content (AvgIpc) is 2.18. The Morgan fingerprint density at radius 3 is 2.53 bits per heavy atom. The van der Waals surface area contributed by atoms with Crippen LogP contribution in [0.5, 0.6) is 5.75 Å². The highest BCUT2D eigenvalue weighted by atomic mass is 19.4. The van der Waals surface area contributed by atoms with Crippen molar-refractivity contribution in [2.75, 3.05) is 6.61 Å². The summed E-state index contributed by atoms with van der Waals surface area (Å²) in [6.45, 7) is 0.982. The van der Waals surface area contributed by atoms with Crippen LogP contribution >= 0.6 is 0 Å². The molecule has 0 aliphatic carbocycles. The number of halogens is 4. The topological polar surface area (TPSA) is 35.2 Å². The fourth-order valence-corrected chi connectivity index (χ4v) is 1.31. The molecule has 0 unspecified atom stereocenters. The van der Waals surface area contributed by atoms with E-state index in [0.29, 0.717) is 5.56 Å². The predicted molar refractivity (Wildman–Crippen MR) is 55.2 cm³/mol. The van der Waals surface area contributed by atoms with Crippen LogP contribution in [-0.2, 0) is 0 Å². The largest absolute Gasteiger partial charge is 0.490 e. The monoisotopic (exact) mass is 251 g/mol. The number of benzene rings is 1. The van der Waals surface area contributed by atoms with E-state index in [9.17, 15) is 17.6 Å². The molecule has 6 heteroatoms. The van der Waals surface area contributed by atoms with Crippen LogP contribution < -0.4 is 10.5 Å². The van der Waals surface area contributed by atoms with Gasteiger partial charge in [0.1, 0.15) is 0 Å². The Kier molecular flexibility index (Phi) is 4.34. The first-order valence-corrected chi connectivity index (χ1v) is 5.05. The average molecular weight is 251 g/mol. The summed E-state index contributed by atoms with van der Waals surface area (Å²) in [5, 5.41) is 0. The molecule has 96 valence electrons. The highest BCUT2D eigenvalue weighted by Gasteiger charge is 2.27. The quantitative estimate of drug-likeness (QED) is 0.834. The maximum atomic E-state index is 13.4. The third kappa shape index (κ3) is 4.22. The van der Waals surface area contributed by atoms with Crippen LogP contribution in [0.4, 0.5) is 17.6 Å². The van der Waals surface area contributed by atoms with Gasteiger partial charge in [0.05, 0.1) is 13.0 Å². The molecule has 0 aromatic heterocycles. The highest BCUT2D eigenvalue weighted by molar-refractivity contribution is 5.36. The first-order valence-electron chi connectivity index (χ1n) is 5.05. The molecule has 1 aromatic carbocycles. The van der Waals surface area contributed by atoms with Crippen molar-refractivity contribution < 1.29 is 22.3 Å². The van der Waals surface area contributed by atoms with E-state index in [1.807, 2.05) is 0 Å². The second-order valence-electron chi connectivity index (χ2n) is 3.66. The SMILES string of the molecule is C[C@@H](N)c1cccc(F)c1OCCC(F)(F)F. The van der Waals surface area contributed by atoms with Crippen molar-refractivity contribution in [3.05, 3.63) is 29.6 Å². The lowest BCUT2D eigenvalue weighted by Gasteiger charge is -2.15. The fourth-order valence-electron chi connectivity index (χ4n) is 1.31. The molecule has 17 heavy (non-hydrogen) atoms.